The number of esters is 1. The highest BCUT2D eigenvalue weighted by atomic mass is 31.0. The van der Waals surface area contributed by atoms with Crippen LogP contribution in [0.1, 0.15) is 20.8 Å². The molecule has 0 aromatic heterocycles. The molecule has 1 unspecified atom stereocenters. The molecule has 0 fully saturated rings. The molecular weight excluding hydrogens is 147 g/mol. The third-order valence-electron chi connectivity index (χ3n) is 0.573. The predicted molar refractivity (Wildman–Crippen MR) is 47.1 cm³/mol. The van der Waals surface area contributed by atoms with E-state index in [-0.39, 0.29) is 15.9 Å². The number of ether oxygens (including phenoxy) is 1. The van der Waals surface area contributed by atoms with E-state index in [0.29, 0.717) is 0 Å². The zero-order valence-electron chi connectivity index (χ0n) is 6.81. The monoisotopic (exact) mass is 162 g/mol. The summed E-state index contributed by atoms with van der Waals surface area (Å²) >= 11 is 0. The molecule has 0 aliphatic carbocycles. The van der Waals surface area contributed by atoms with Gasteiger partial charge in [-0.1, -0.05) is 6.58 Å². The van der Waals surface area contributed by atoms with Crippen LogP contribution < -0.4 is 0 Å². The van der Waals surface area contributed by atoms with E-state index < -0.39 is 5.60 Å². The molecule has 0 aromatic carbocycles. The first-order valence-electron chi connectivity index (χ1n) is 2.81. The summed E-state index contributed by atoms with van der Waals surface area (Å²) in [5.74, 6) is -0.373. The second-order valence-corrected chi connectivity index (χ2v) is 2.74. The predicted octanol–water partition coefficient (Wildman–Crippen LogP) is 1.57. The van der Waals surface area contributed by atoms with Crippen LogP contribution in [0.3, 0.4) is 0 Å². The van der Waals surface area contributed by atoms with Crippen molar-refractivity contribution in [3.63, 3.8) is 0 Å². The Morgan fingerprint density at radius 2 is 1.90 bits per heavy atom. The molecule has 0 aliphatic heterocycles. The Hall–Kier alpha value is -0.360. The Bertz CT molecular complexity index is 124. The molecule has 0 saturated carbocycles. The number of hydrogen-bond donors (Lipinski definition) is 0. The van der Waals surface area contributed by atoms with Gasteiger partial charge in [0.1, 0.15) is 5.60 Å². The molecule has 10 heavy (non-hydrogen) atoms. The third-order valence-corrected chi connectivity index (χ3v) is 0.573. The molecule has 2 nitrogen and oxygen atoms in total. The van der Waals surface area contributed by atoms with E-state index in [2.05, 4.69) is 6.58 Å². The molecule has 0 heterocycles. The molecule has 0 aliphatic rings. The van der Waals surface area contributed by atoms with Crippen molar-refractivity contribution >= 4 is 15.9 Å². The molecule has 0 saturated heterocycles. The highest BCUT2D eigenvalue weighted by molar-refractivity contribution is 6.92. The maximum Gasteiger partial charge on any atom is 0.330 e. The minimum Gasteiger partial charge on any atom is -0.457 e. The highest BCUT2D eigenvalue weighted by Crippen LogP contribution is 2.06. The Kier molecular flexibility index (Phi) is 5.49. The topological polar surface area (TPSA) is 26.3 Å². The Morgan fingerprint density at radius 3 is 2.00 bits per heavy atom. The van der Waals surface area contributed by atoms with Gasteiger partial charge in [0.25, 0.3) is 0 Å². The zero-order chi connectivity index (χ0) is 7.49. The molecule has 60 valence electrons. The summed E-state index contributed by atoms with van der Waals surface area (Å²) in [6.07, 6.45) is 1.16. The molecule has 1 atom stereocenters. The van der Waals surface area contributed by atoms with Crippen LogP contribution in [0.4, 0.5) is 0 Å². The SMILES string of the molecule is C=CC(=O)OC(C)(C)C.P. The number of rotatable bonds is 1. The van der Waals surface area contributed by atoms with E-state index in [1.807, 2.05) is 20.8 Å². The van der Waals surface area contributed by atoms with Gasteiger partial charge in [0.2, 0.25) is 0 Å². The van der Waals surface area contributed by atoms with Gasteiger partial charge < -0.3 is 4.74 Å². The molecule has 0 amide bonds. The molecule has 0 rings (SSSR count). The molecule has 0 spiro atoms. The van der Waals surface area contributed by atoms with Gasteiger partial charge in [0, 0.05) is 6.08 Å². The second kappa shape index (κ2) is 4.45. The van der Waals surface area contributed by atoms with E-state index >= 15 is 0 Å². The number of carbonyl (C=O) groups excluding carboxylic acids is 1. The molecular formula is C7H15O2P. The maximum absolute atomic E-state index is 10.5. The van der Waals surface area contributed by atoms with Crippen LogP contribution in [0.15, 0.2) is 12.7 Å². The summed E-state index contributed by atoms with van der Waals surface area (Å²) in [6.45, 7) is 8.71. The third kappa shape index (κ3) is 7.64. The minimum absolute atomic E-state index is 0. The van der Waals surface area contributed by atoms with Crippen molar-refractivity contribution in [2.75, 3.05) is 0 Å². The van der Waals surface area contributed by atoms with E-state index in [1.165, 1.54) is 0 Å². The van der Waals surface area contributed by atoms with Crippen LogP contribution in [-0.2, 0) is 9.53 Å². The van der Waals surface area contributed by atoms with Crippen molar-refractivity contribution in [2.45, 2.75) is 26.4 Å². The van der Waals surface area contributed by atoms with Gasteiger partial charge in [-0.3, -0.25) is 0 Å². The van der Waals surface area contributed by atoms with Gasteiger partial charge >= 0.3 is 5.97 Å². The van der Waals surface area contributed by atoms with Crippen molar-refractivity contribution in [1.82, 2.24) is 0 Å². The average Bonchev–Trinajstić information content (AvgIpc) is 1.62. The van der Waals surface area contributed by atoms with Crippen molar-refractivity contribution in [2.24, 2.45) is 0 Å². The van der Waals surface area contributed by atoms with E-state index in [9.17, 15) is 4.79 Å². The summed E-state index contributed by atoms with van der Waals surface area (Å²) in [5, 5.41) is 0. The summed E-state index contributed by atoms with van der Waals surface area (Å²) in [7, 11) is 0. The fourth-order valence-corrected chi connectivity index (χ4v) is 0.343. The highest BCUT2D eigenvalue weighted by Gasteiger charge is 2.12. The summed E-state index contributed by atoms with van der Waals surface area (Å²) in [4.78, 5) is 10.5. The lowest BCUT2D eigenvalue weighted by atomic mass is 10.2. The maximum atomic E-state index is 10.5. The molecule has 0 bridgehead atoms. The van der Waals surface area contributed by atoms with E-state index in [0.717, 1.165) is 6.08 Å². The average molecular weight is 162 g/mol. The van der Waals surface area contributed by atoms with Crippen molar-refractivity contribution in [3.8, 4) is 0 Å². The van der Waals surface area contributed by atoms with E-state index in [1.54, 1.807) is 0 Å². The number of carbonyl (C=O) groups is 1. The van der Waals surface area contributed by atoms with Crippen LogP contribution >= 0.6 is 9.90 Å². The summed E-state index contributed by atoms with van der Waals surface area (Å²) < 4.78 is 4.83. The van der Waals surface area contributed by atoms with Crippen molar-refractivity contribution < 1.29 is 9.53 Å². The van der Waals surface area contributed by atoms with Crippen molar-refractivity contribution in [1.29, 1.82) is 0 Å². The Labute approximate surface area is 65.3 Å². The first kappa shape index (κ1) is 12.3. The van der Waals surface area contributed by atoms with Crippen LogP contribution in [0.5, 0.6) is 0 Å². The van der Waals surface area contributed by atoms with Crippen LogP contribution in [0.2, 0.25) is 0 Å². The van der Waals surface area contributed by atoms with Gasteiger partial charge in [-0.25, -0.2) is 4.79 Å². The standard InChI is InChI=1S/C7H12O2.H3P/c1-5-6(8)9-7(2,3)4;/h5H,1H2,2-4H3;1H3. The minimum atomic E-state index is -0.398. The quantitative estimate of drug-likeness (QED) is 0.332. The zero-order valence-corrected chi connectivity index (χ0v) is 8.22. The molecule has 3 heteroatoms. The van der Waals surface area contributed by atoms with Crippen molar-refractivity contribution in [3.05, 3.63) is 12.7 Å². The van der Waals surface area contributed by atoms with Gasteiger partial charge in [-0.15, -0.1) is 0 Å². The fourth-order valence-electron chi connectivity index (χ4n) is 0.343. The lowest BCUT2D eigenvalue weighted by molar-refractivity contribution is -0.148. The first-order valence-corrected chi connectivity index (χ1v) is 2.81. The smallest absolute Gasteiger partial charge is 0.330 e. The normalized spacial score (nSPS) is 9.50. The number of hydrogen-bond acceptors (Lipinski definition) is 2. The van der Waals surface area contributed by atoms with Crippen LogP contribution in [0, 0.1) is 0 Å². The van der Waals surface area contributed by atoms with Gasteiger partial charge in [0.15, 0.2) is 0 Å². The lowest BCUT2D eigenvalue weighted by Gasteiger charge is -2.17. The van der Waals surface area contributed by atoms with Gasteiger partial charge in [-0.05, 0) is 20.8 Å². The summed E-state index contributed by atoms with van der Waals surface area (Å²) in [6, 6.07) is 0. The lowest BCUT2D eigenvalue weighted by Crippen LogP contribution is -2.22. The fraction of sp³-hybridized carbons (Fsp3) is 0.571. The van der Waals surface area contributed by atoms with Gasteiger partial charge in [-0.2, -0.15) is 9.90 Å². The molecule has 0 N–H and O–H groups in total. The van der Waals surface area contributed by atoms with Gasteiger partial charge in [0.05, 0.1) is 0 Å². The second-order valence-electron chi connectivity index (χ2n) is 2.74. The van der Waals surface area contributed by atoms with E-state index in [4.69, 9.17) is 4.74 Å². The van der Waals surface area contributed by atoms with Crippen LogP contribution in [-0.4, -0.2) is 11.6 Å². The first-order chi connectivity index (χ1) is 3.95. The summed E-state index contributed by atoms with van der Waals surface area (Å²) in [5.41, 5.74) is -0.398. The molecule has 0 radical (unpaired) electrons. The van der Waals surface area contributed by atoms with Crippen LogP contribution in [0.25, 0.3) is 0 Å². The molecule has 0 aromatic rings. The Balaban J connectivity index is 0. The largest absolute Gasteiger partial charge is 0.457 e. The Morgan fingerprint density at radius 1 is 1.50 bits per heavy atom.